The Morgan fingerprint density at radius 1 is 1.64 bits per heavy atom. The summed E-state index contributed by atoms with van der Waals surface area (Å²) in [5, 5.41) is 6.88. The van der Waals surface area contributed by atoms with Gasteiger partial charge in [0.05, 0.1) is 18.4 Å². The zero-order valence-corrected chi connectivity index (χ0v) is 8.64. The minimum absolute atomic E-state index is 0.0414. The maximum atomic E-state index is 11.3. The largest absolute Gasteiger partial charge is 0.387 e. The van der Waals surface area contributed by atoms with Crippen LogP contribution in [0.25, 0.3) is 0 Å². The van der Waals surface area contributed by atoms with Crippen LogP contribution in [0.15, 0.2) is 0 Å². The molecule has 0 amide bonds. The molecule has 1 atom stereocenters. The predicted octanol–water partition coefficient (Wildman–Crippen LogP) is -0.979. The highest BCUT2D eigenvalue weighted by atomic mass is 32.2. The van der Waals surface area contributed by atoms with Crippen LogP contribution in [0.2, 0.25) is 0 Å². The second-order valence-electron chi connectivity index (χ2n) is 3.26. The van der Waals surface area contributed by atoms with E-state index in [4.69, 9.17) is 15.9 Å². The van der Waals surface area contributed by atoms with E-state index < -0.39 is 10.0 Å². The van der Waals surface area contributed by atoms with Crippen LogP contribution in [0.4, 0.5) is 0 Å². The summed E-state index contributed by atoms with van der Waals surface area (Å²) in [6, 6.07) is 0. The van der Waals surface area contributed by atoms with Crippen molar-refractivity contribution < 1.29 is 13.2 Å². The number of nitrogens with one attached hydrogen (secondary N) is 2. The first-order valence-electron chi connectivity index (χ1n) is 4.41. The van der Waals surface area contributed by atoms with Crippen molar-refractivity contribution in [1.29, 1.82) is 5.41 Å². The number of amidine groups is 1. The molecule has 0 aromatic carbocycles. The topological polar surface area (TPSA) is 105 Å². The fraction of sp³-hybridized carbons (Fsp3) is 0.857. The van der Waals surface area contributed by atoms with Crippen LogP contribution >= 0.6 is 0 Å². The van der Waals surface area contributed by atoms with Crippen LogP contribution in [0, 0.1) is 5.41 Å². The minimum atomic E-state index is -3.36. The molecule has 0 aromatic rings. The molecule has 1 aliphatic heterocycles. The van der Waals surface area contributed by atoms with Gasteiger partial charge in [0, 0.05) is 6.61 Å². The quantitative estimate of drug-likeness (QED) is 0.410. The molecule has 1 aliphatic rings. The van der Waals surface area contributed by atoms with Gasteiger partial charge < -0.3 is 10.5 Å². The van der Waals surface area contributed by atoms with E-state index in [-0.39, 0.29) is 24.2 Å². The Labute approximate surface area is 83.4 Å². The van der Waals surface area contributed by atoms with Gasteiger partial charge in [-0.1, -0.05) is 0 Å². The monoisotopic (exact) mass is 221 g/mol. The molecule has 0 aliphatic carbocycles. The van der Waals surface area contributed by atoms with Gasteiger partial charge in [-0.15, -0.1) is 0 Å². The molecular weight excluding hydrogens is 206 g/mol. The maximum absolute atomic E-state index is 11.3. The van der Waals surface area contributed by atoms with Gasteiger partial charge in [0.25, 0.3) is 0 Å². The first-order chi connectivity index (χ1) is 6.49. The van der Waals surface area contributed by atoms with Crippen molar-refractivity contribution in [1.82, 2.24) is 4.72 Å². The van der Waals surface area contributed by atoms with E-state index in [0.717, 1.165) is 12.8 Å². The molecule has 14 heavy (non-hydrogen) atoms. The van der Waals surface area contributed by atoms with Gasteiger partial charge in [-0.05, 0) is 12.8 Å². The SMILES string of the molecule is N=C(N)CNS(=O)(=O)CC1CCCO1. The number of sulfonamides is 1. The molecule has 7 heteroatoms. The number of rotatable bonds is 5. The molecule has 1 heterocycles. The van der Waals surface area contributed by atoms with Gasteiger partial charge in [-0.2, -0.15) is 0 Å². The summed E-state index contributed by atoms with van der Waals surface area (Å²) in [5.41, 5.74) is 5.03. The zero-order chi connectivity index (χ0) is 10.6. The molecule has 0 spiro atoms. The predicted molar refractivity (Wildman–Crippen MR) is 52.7 cm³/mol. The number of hydrogen-bond acceptors (Lipinski definition) is 4. The molecule has 1 fully saturated rings. The summed E-state index contributed by atoms with van der Waals surface area (Å²) in [6.07, 6.45) is 1.48. The Morgan fingerprint density at radius 2 is 2.36 bits per heavy atom. The molecule has 1 unspecified atom stereocenters. The Hall–Kier alpha value is -0.660. The Bertz CT molecular complexity index is 295. The fourth-order valence-electron chi connectivity index (χ4n) is 1.27. The van der Waals surface area contributed by atoms with Crippen LogP contribution in [0.1, 0.15) is 12.8 Å². The van der Waals surface area contributed by atoms with E-state index in [1.54, 1.807) is 0 Å². The van der Waals surface area contributed by atoms with Gasteiger partial charge in [0.2, 0.25) is 10.0 Å². The lowest BCUT2D eigenvalue weighted by molar-refractivity contribution is 0.127. The second-order valence-corrected chi connectivity index (χ2v) is 5.11. The summed E-state index contributed by atoms with van der Waals surface area (Å²) < 4.78 is 30.1. The molecule has 0 saturated carbocycles. The van der Waals surface area contributed by atoms with Crippen molar-refractivity contribution in [2.75, 3.05) is 18.9 Å². The Kier molecular flexibility index (Phi) is 3.85. The number of ether oxygens (including phenoxy) is 1. The second kappa shape index (κ2) is 4.72. The van der Waals surface area contributed by atoms with E-state index in [1.165, 1.54) is 0 Å². The summed E-state index contributed by atoms with van der Waals surface area (Å²) in [4.78, 5) is 0. The standard InChI is InChI=1S/C7H15N3O3S/c8-7(9)4-10-14(11,12)5-6-2-1-3-13-6/h6,10H,1-5H2,(H3,8,9). The fourth-order valence-corrected chi connectivity index (χ4v) is 2.51. The average molecular weight is 221 g/mol. The van der Waals surface area contributed by atoms with Gasteiger partial charge in [0.15, 0.2) is 0 Å². The first kappa shape index (κ1) is 11.4. The Balaban J connectivity index is 2.36. The van der Waals surface area contributed by atoms with Gasteiger partial charge in [0.1, 0.15) is 5.84 Å². The zero-order valence-electron chi connectivity index (χ0n) is 7.82. The summed E-state index contributed by atoms with van der Waals surface area (Å²) in [7, 11) is -3.36. The number of hydrogen-bond donors (Lipinski definition) is 3. The third kappa shape index (κ3) is 4.03. The van der Waals surface area contributed by atoms with Crippen molar-refractivity contribution in [3.63, 3.8) is 0 Å². The smallest absolute Gasteiger partial charge is 0.214 e. The van der Waals surface area contributed by atoms with Crippen LogP contribution < -0.4 is 10.5 Å². The highest BCUT2D eigenvalue weighted by molar-refractivity contribution is 7.89. The van der Waals surface area contributed by atoms with E-state index in [0.29, 0.717) is 6.61 Å². The number of nitrogens with two attached hydrogens (primary N) is 1. The van der Waals surface area contributed by atoms with Crippen molar-refractivity contribution in [2.24, 2.45) is 5.73 Å². The van der Waals surface area contributed by atoms with Crippen LogP contribution in [0.5, 0.6) is 0 Å². The molecule has 1 rings (SSSR count). The van der Waals surface area contributed by atoms with Gasteiger partial charge in [-0.3, -0.25) is 5.41 Å². The van der Waals surface area contributed by atoms with Crippen LogP contribution in [-0.4, -0.2) is 39.3 Å². The maximum Gasteiger partial charge on any atom is 0.214 e. The summed E-state index contributed by atoms with van der Waals surface area (Å²) in [6.45, 7) is 0.502. The van der Waals surface area contributed by atoms with Crippen LogP contribution in [-0.2, 0) is 14.8 Å². The van der Waals surface area contributed by atoms with E-state index in [9.17, 15) is 8.42 Å². The highest BCUT2D eigenvalue weighted by Crippen LogP contribution is 2.13. The lowest BCUT2D eigenvalue weighted by atomic mass is 10.3. The highest BCUT2D eigenvalue weighted by Gasteiger charge is 2.22. The van der Waals surface area contributed by atoms with Crippen LogP contribution in [0.3, 0.4) is 0 Å². The molecule has 82 valence electrons. The molecule has 0 aromatic heterocycles. The van der Waals surface area contributed by atoms with Crippen molar-refractivity contribution >= 4 is 15.9 Å². The van der Waals surface area contributed by atoms with Gasteiger partial charge in [-0.25, -0.2) is 13.1 Å². The van der Waals surface area contributed by atoms with Crippen molar-refractivity contribution in [3.8, 4) is 0 Å². The molecule has 1 saturated heterocycles. The van der Waals surface area contributed by atoms with Gasteiger partial charge >= 0.3 is 0 Å². The van der Waals surface area contributed by atoms with E-state index in [1.807, 2.05) is 0 Å². The van der Waals surface area contributed by atoms with Crippen molar-refractivity contribution in [2.45, 2.75) is 18.9 Å². The molecular formula is C7H15N3O3S. The first-order valence-corrected chi connectivity index (χ1v) is 6.07. The lowest BCUT2D eigenvalue weighted by Gasteiger charge is -2.10. The molecule has 4 N–H and O–H groups in total. The average Bonchev–Trinajstić information content (AvgIpc) is 2.53. The third-order valence-corrected chi connectivity index (χ3v) is 3.31. The molecule has 0 radical (unpaired) electrons. The third-order valence-electron chi connectivity index (χ3n) is 1.91. The van der Waals surface area contributed by atoms with Crippen molar-refractivity contribution in [3.05, 3.63) is 0 Å². The summed E-state index contributed by atoms with van der Waals surface area (Å²) in [5.74, 6) is -0.235. The normalized spacial score (nSPS) is 22.4. The van der Waals surface area contributed by atoms with E-state index in [2.05, 4.69) is 4.72 Å². The van der Waals surface area contributed by atoms with E-state index >= 15 is 0 Å². The molecule has 0 bridgehead atoms. The molecule has 6 nitrogen and oxygen atoms in total. The Morgan fingerprint density at radius 3 is 2.86 bits per heavy atom. The lowest BCUT2D eigenvalue weighted by Crippen LogP contribution is -2.37. The minimum Gasteiger partial charge on any atom is -0.387 e. The summed E-state index contributed by atoms with van der Waals surface area (Å²) >= 11 is 0.